The summed E-state index contributed by atoms with van der Waals surface area (Å²) in [5.74, 6) is -0.664. The Kier molecular flexibility index (Phi) is 8.42. The van der Waals surface area contributed by atoms with E-state index in [1.165, 1.54) is 17.0 Å². The fraction of sp³-hybridized carbons (Fsp3) is 0.286. The number of hydrogen-bond donors (Lipinski definition) is 3. The third-order valence-corrected chi connectivity index (χ3v) is 5.36. The largest absolute Gasteiger partial charge is 0.508 e. The molecule has 1 heterocycles. The molecule has 36 heavy (non-hydrogen) atoms. The Labute approximate surface area is 211 Å². The second-order valence-corrected chi connectivity index (χ2v) is 9.55. The smallest absolute Gasteiger partial charge is 0.248 e. The molecule has 2 aromatic carbocycles. The second kappa shape index (κ2) is 11.5. The molecule has 0 aliphatic carbocycles. The highest BCUT2D eigenvalue weighted by Crippen LogP contribution is 2.32. The van der Waals surface area contributed by atoms with Gasteiger partial charge in [0.25, 0.3) is 0 Å². The van der Waals surface area contributed by atoms with Crippen LogP contribution in [-0.4, -0.2) is 33.4 Å². The van der Waals surface area contributed by atoms with Crippen molar-refractivity contribution in [2.75, 3.05) is 10.2 Å². The van der Waals surface area contributed by atoms with Gasteiger partial charge in [-0.15, -0.1) is 0 Å². The van der Waals surface area contributed by atoms with Gasteiger partial charge in [0.05, 0.1) is 0 Å². The number of pyridine rings is 1. The lowest BCUT2D eigenvalue weighted by atomic mass is 9.99. The van der Waals surface area contributed by atoms with Gasteiger partial charge in [-0.05, 0) is 69.2 Å². The molecule has 8 heteroatoms. The summed E-state index contributed by atoms with van der Waals surface area (Å²) in [5.41, 5.74) is 1.35. The van der Waals surface area contributed by atoms with Gasteiger partial charge in [-0.3, -0.25) is 19.3 Å². The minimum Gasteiger partial charge on any atom is -0.508 e. The summed E-state index contributed by atoms with van der Waals surface area (Å²) in [6, 6.07) is 17.6. The number of aryl methyl sites for hydroxylation is 1. The van der Waals surface area contributed by atoms with Crippen molar-refractivity contribution in [1.82, 2.24) is 10.3 Å². The molecule has 0 spiro atoms. The van der Waals surface area contributed by atoms with E-state index in [4.69, 9.17) is 0 Å². The average Bonchev–Trinajstić information content (AvgIpc) is 2.82. The SMILES string of the molecule is Cc1ccccc1N(C(=O)CCC(=O)Nc1ccccn1)[C@H](C(=O)NC(C)(C)C)c1ccc(O)cc1. The summed E-state index contributed by atoms with van der Waals surface area (Å²) in [7, 11) is 0. The van der Waals surface area contributed by atoms with Gasteiger partial charge in [-0.25, -0.2) is 4.98 Å². The van der Waals surface area contributed by atoms with Crippen LogP contribution in [0.1, 0.15) is 50.8 Å². The minimum absolute atomic E-state index is 0.0497. The fourth-order valence-corrected chi connectivity index (χ4v) is 3.75. The van der Waals surface area contributed by atoms with E-state index in [0.717, 1.165) is 5.56 Å². The van der Waals surface area contributed by atoms with Gasteiger partial charge in [0.15, 0.2) is 0 Å². The van der Waals surface area contributed by atoms with Crippen LogP contribution in [0.25, 0.3) is 0 Å². The van der Waals surface area contributed by atoms with Gasteiger partial charge in [-0.1, -0.05) is 36.4 Å². The molecular weight excluding hydrogens is 456 g/mol. The van der Waals surface area contributed by atoms with Crippen molar-refractivity contribution in [3.63, 3.8) is 0 Å². The quantitative estimate of drug-likeness (QED) is 0.432. The first-order valence-corrected chi connectivity index (χ1v) is 11.7. The molecule has 0 aliphatic rings. The van der Waals surface area contributed by atoms with Gasteiger partial charge >= 0.3 is 0 Å². The molecule has 1 atom stereocenters. The molecule has 3 rings (SSSR count). The van der Waals surface area contributed by atoms with E-state index in [1.807, 2.05) is 39.8 Å². The number of anilines is 2. The van der Waals surface area contributed by atoms with Crippen molar-refractivity contribution in [2.45, 2.75) is 52.1 Å². The van der Waals surface area contributed by atoms with E-state index in [9.17, 15) is 19.5 Å². The van der Waals surface area contributed by atoms with Crippen molar-refractivity contribution < 1.29 is 19.5 Å². The lowest BCUT2D eigenvalue weighted by molar-refractivity contribution is -0.128. The van der Waals surface area contributed by atoms with Crippen molar-refractivity contribution in [1.29, 1.82) is 0 Å². The monoisotopic (exact) mass is 488 g/mol. The lowest BCUT2D eigenvalue weighted by Crippen LogP contribution is -2.49. The average molecular weight is 489 g/mol. The third kappa shape index (κ3) is 7.15. The maximum atomic E-state index is 13.7. The molecular formula is C28H32N4O4. The Hall–Kier alpha value is -4.20. The second-order valence-electron chi connectivity index (χ2n) is 9.55. The molecule has 0 aliphatic heterocycles. The van der Waals surface area contributed by atoms with Crippen LogP contribution < -0.4 is 15.5 Å². The van der Waals surface area contributed by atoms with Crippen molar-refractivity contribution in [3.05, 3.63) is 84.1 Å². The fourth-order valence-electron chi connectivity index (χ4n) is 3.75. The van der Waals surface area contributed by atoms with E-state index in [2.05, 4.69) is 15.6 Å². The number of nitrogens with one attached hydrogen (secondary N) is 2. The molecule has 8 nitrogen and oxygen atoms in total. The Bertz CT molecular complexity index is 1200. The number of para-hydroxylation sites is 1. The standard InChI is InChI=1S/C28H32N4O4/c1-19-9-5-6-10-22(19)32(25(35)17-16-24(34)30-23-11-7-8-18-29-23)26(27(36)31-28(2,3)4)20-12-14-21(33)15-13-20/h5-15,18,26,33H,16-17H2,1-4H3,(H,31,36)(H,29,30,34)/t26-/m0/s1. The summed E-state index contributed by atoms with van der Waals surface area (Å²) in [5, 5.41) is 15.5. The predicted molar refractivity (Wildman–Crippen MR) is 140 cm³/mol. The summed E-state index contributed by atoms with van der Waals surface area (Å²) >= 11 is 0. The maximum Gasteiger partial charge on any atom is 0.248 e. The first kappa shape index (κ1) is 26.4. The van der Waals surface area contributed by atoms with Crippen molar-refractivity contribution in [3.8, 4) is 5.75 Å². The molecule has 0 saturated carbocycles. The van der Waals surface area contributed by atoms with E-state index in [-0.39, 0.29) is 36.3 Å². The Morgan fingerprint density at radius 1 is 0.944 bits per heavy atom. The van der Waals surface area contributed by atoms with Gasteiger partial charge in [0, 0.05) is 30.3 Å². The van der Waals surface area contributed by atoms with Crippen LogP contribution in [0.2, 0.25) is 0 Å². The molecule has 0 radical (unpaired) electrons. The van der Waals surface area contributed by atoms with E-state index in [1.54, 1.807) is 48.7 Å². The number of carbonyl (C=O) groups is 3. The third-order valence-electron chi connectivity index (χ3n) is 5.36. The highest BCUT2D eigenvalue weighted by Gasteiger charge is 2.35. The summed E-state index contributed by atoms with van der Waals surface area (Å²) in [6.45, 7) is 7.45. The molecule has 188 valence electrons. The number of nitrogens with zero attached hydrogens (tertiary/aromatic N) is 2. The van der Waals surface area contributed by atoms with Crippen LogP contribution in [0.15, 0.2) is 72.9 Å². The van der Waals surface area contributed by atoms with Crippen LogP contribution in [0.4, 0.5) is 11.5 Å². The Morgan fingerprint density at radius 3 is 2.22 bits per heavy atom. The van der Waals surface area contributed by atoms with E-state index >= 15 is 0 Å². The van der Waals surface area contributed by atoms with Gasteiger partial charge < -0.3 is 15.7 Å². The van der Waals surface area contributed by atoms with Crippen LogP contribution in [0.5, 0.6) is 5.75 Å². The number of amides is 3. The summed E-state index contributed by atoms with van der Waals surface area (Å²) in [6.07, 6.45) is 1.36. The topological polar surface area (TPSA) is 112 Å². The molecule has 0 unspecified atom stereocenters. The van der Waals surface area contributed by atoms with Crippen LogP contribution in [0, 0.1) is 6.92 Å². The van der Waals surface area contributed by atoms with E-state index in [0.29, 0.717) is 17.1 Å². The highest BCUT2D eigenvalue weighted by molar-refractivity contribution is 6.03. The molecule has 3 aromatic rings. The normalized spacial score (nSPS) is 11.9. The number of hydrogen-bond acceptors (Lipinski definition) is 5. The summed E-state index contributed by atoms with van der Waals surface area (Å²) < 4.78 is 0. The minimum atomic E-state index is -1.02. The Balaban J connectivity index is 1.96. The number of phenolic OH excluding ortho intramolecular Hbond substituents is 1. The maximum absolute atomic E-state index is 13.7. The molecule has 0 bridgehead atoms. The zero-order chi connectivity index (χ0) is 26.3. The van der Waals surface area contributed by atoms with Gasteiger partial charge in [0.1, 0.15) is 17.6 Å². The van der Waals surface area contributed by atoms with Crippen molar-refractivity contribution in [2.24, 2.45) is 0 Å². The molecule has 0 fully saturated rings. The predicted octanol–water partition coefficient (Wildman–Crippen LogP) is 4.50. The van der Waals surface area contributed by atoms with Gasteiger partial charge in [-0.2, -0.15) is 0 Å². The molecule has 0 saturated heterocycles. The first-order chi connectivity index (χ1) is 17.0. The number of aromatic hydroxyl groups is 1. The van der Waals surface area contributed by atoms with Gasteiger partial charge in [0.2, 0.25) is 17.7 Å². The number of carbonyl (C=O) groups excluding carboxylic acids is 3. The number of aromatic nitrogens is 1. The molecule has 3 amide bonds. The zero-order valence-corrected chi connectivity index (χ0v) is 21.0. The number of benzene rings is 2. The highest BCUT2D eigenvalue weighted by atomic mass is 16.3. The molecule has 3 N–H and O–H groups in total. The zero-order valence-electron chi connectivity index (χ0n) is 21.0. The van der Waals surface area contributed by atoms with Crippen LogP contribution in [-0.2, 0) is 14.4 Å². The number of rotatable bonds is 8. The van der Waals surface area contributed by atoms with Crippen molar-refractivity contribution >= 4 is 29.2 Å². The van der Waals surface area contributed by atoms with Crippen LogP contribution in [0.3, 0.4) is 0 Å². The van der Waals surface area contributed by atoms with E-state index < -0.39 is 11.6 Å². The Morgan fingerprint density at radius 2 is 1.61 bits per heavy atom. The van der Waals surface area contributed by atoms with Crippen LogP contribution >= 0.6 is 0 Å². The lowest BCUT2D eigenvalue weighted by Gasteiger charge is -2.34. The first-order valence-electron chi connectivity index (χ1n) is 11.7. The summed E-state index contributed by atoms with van der Waals surface area (Å²) in [4.78, 5) is 45.3. The number of phenols is 1. The molecule has 1 aromatic heterocycles.